The van der Waals surface area contributed by atoms with E-state index in [9.17, 15) is 0 Å². The van der Waals surface area contributed by atoms with Crippen molar-refractivity contribution in [1.82, 2.24) is 25.2 Å². The Labute approximate surface area is 131 Å². The lowest BCUT2D eigenvalue weighted by atomic mass is 10.0. The number of hydrogen-bond donors (Lipinski definition) is 1. The highest BCUT2D eigenvalue weighted by Crippen LogP contribution is 2.23. The zero-order chi connectivity index (χ0) is 15.4. The Morgan fingerprint density at radius 1 is 1.27 bits per heavy atom. The van der Waals surface area contributed by atoms with Crippen molar-refractivity contribution < 1.29 is 0 Å². The van der Waals surface area contributed by atoms with Gasteiger partial charge in [0.05, 0.1) is 0 Å². The summed E-state index contributed by atoms with van der Waals surface area (Å²) in [5.41, 5.74) is 2.39. The van der Waals surface area contributed by atoms with Crippen LogP contribution in [-0.4, -0.2) is 53.6 Å². The summed E-state index contributed by atoms with van der Waals surface area (Å²) in [5, 5.41) is 3.47. The molecular formula is C16H22N6. The SMILES string of the molecule is CN(C)c1ncc(CN2CCNCC2c2cccnc2)cn1. The molecule has 0 aliphatic carbocycles. The van der Waals surface area contributed by atoms with E-state index >= 15 is 0 Å². The minimum atomic E-state index is 0.343. The van der Waals surface area contributed by atoms with Crippen molar-refractivity contribution in [1.29, 1.82) is 0 Å². The normalized spacial score (nSPS) is 19.1. The molecule has 0 bridgehead atoms. The second-order valence-electron chi connectivity index (χ2n) is 5.76. The minimum Gasteiger partial charge on any atom is -0.347 e. The van der Waals surface area contributed by atoms with Crippen LogP contribution in [-0.2, 0) is 6.54 Å². The number of aromatic nitrogens is 3. The fourth-order valence-corrected chi connectivity index (χ4v) is 2.73. The Balaban J connectivity index is 1.74. The molecule has 3 heterocycles. The molecule has 0 spiro atoms. The van der Waals surface area contributed by atoms with Crippen LogP contribution >= 0.6 is 0 Å². The Morgan fingerprint density at radius 3 is 2.77 bits per heavy atom. The lowest BCUT2D eigenvalue weighted by Crippen LogP contribution is -2.45. The molecule has 6 heteroatoms. The molecule has 6 nitrogen and oxygen atoms in total. The van der Waals surface area contributed by atoms with Crippen LogP contribution in [0.4, 0.5) is 5.95 Å². The van der Waals surface area contributed by atoms with E-state index < -0.39 is 0 Å². The van der Waals surface area contributed by atoms with Crippen molar-refractivity contribution in [2.75, 3.05) is 38.6 Å². The summed E-state index contributed by atoms with van der Waals surface area (Å²) in [4.78, 5) is 17.4. The molecule has 2 aromatic rings. The van der Waals surface area contributed by atoms with Gasteiger partial charge in [0.2, 0.25) is 5.95 Å². The van der Waals surface area contributed by atoms with Crippen molar-refractivity contribution in [2.45, 2.75) is 12.6 Å². The third-order valence-electron chi connectivity index (χ3n) is 3.90. The molecule has 1 fully saturated rings. The van der Waals surface area contributed by atoms with E-state index in [0.717, 1.165) is 37.7 Å². The summed E-state index contributed by atoms with van der Waals surface area (Å²) >= 11 is 0. The van der Waals surface area contributed by atoms with Gasteiger partial charge < -0.3 is 10.2 Å². The topological polar surface area (TPSA) is 57.2 Å². The Kier molecular flexibility index (Phi) is 4.60. The van der Waals surface area contributed by atoms with Crippen molar-refractivity contribution in [3.63, 3.8) is 0 Å². The predicted molar refractivity (Wildman–Crippen MR) is 86.6 cm³/mol. The second kappa shape index (κ2) is 6.81. The van der Waals surface area contributed by atoms with Crippen LogP contribution in [0.2, 0.25) is 0 Å². The molecule has 0 amide bonds. The van der Waals surface area contributed by atoms with Crippen LogP contribution in [0, 0.1) is 0 Å². The number of hydrogen-bond acceptors (Lipinski definition) is 6. The maximum atomic E-state index is 4.40. The molecule has 22 heavy (non-hydrogen) atoms. The van der Waals surface area contributed by atoms with E-state index in [2.05, 4.69) is 31.2 Å². The zero-order valence-electron chi connectivity index (χ0n) is 13.1. The average molecular weight is 298 g/mol. The minimum absolute atomic E-state index is 0.343. The highest BCUT2D eigenvalue weighted by atomic mass is 15.2. The smallest absolute Gasteiger partial charge is 0.224 e. The van der Waals surface area contributed by atoms with E-state index in [-0.39, 0.29) is 0 Å². The molecular weight excluding hydrogens is 276 g/mol. The third-order valence-corrected chi connectivity index (χ3v) is 3.90. The van der Waals surface area contributed by atoms with Crippen molar-refractivity contribution in [3.05, 3.63) is 48.0 Å². The molecule has 0 saturated carbocycles. The van der Waals surface area contributed by atoms with Gasteiger partial charge >= 0.3 is 0 Å². The zero-order valence-corrected chi connectivity index (χ0v) is 13.1. The number of anilines is 1. The van der Waals surface area contributed by atoms with Crippen molar-refractivity contribution in [2.24, 2.45) is 0 Å². The van der Waals surface area contributed by atoms with Gasteiger partial charge in [-0.2, -0.15) is 0 Å². The monoisotopic (exact) mass is 298 g/mol. The summed E-state index contributed by atoms with van der Waals surface area (Å²) in [5.74, 6) is 0.743. The molecule has 3 rings (SSSR count). The van der Waals surface area contributed by atoms with Crippen molar-refractivity contribution in [3.8, 4) is 0 Å². The highest BCUT2D eigenvalue weighted by molar-refractivity contribution is 5.26. The predicted octanol–water partition coefficient (Wildman–Crippen LogP) is 1.08. The Morgan fingerprint density at radius 2 is 2.09 bits per heavy atom. The summed E-state index contributed by atoms with van der Waals surface area (Å²) in [7, 11) is 3.90. The molecule has 2 aromatic heterocycles. The van der Waals surface area contributed by atoms with E-state index in [1.807, 2.05) is 49.8 Å². The molecule has 0 aromatic carbocycles. The number of nitrogens with zero attached hydrogens (tertiary/aromatic N) is 5. The van der Waals surface area contributed by atoms with Crippen LogP contribution in [0.3, 0.4) is 0 Å². The van der Waals surface area contributed by atoms with Gasteiger partial charge in [-0.3, -0.25) is 9.88 Å². The van der Waals surface area contributed by atoms with Crippen LogP contribution in [0.1, 0.15) is 17.2 Å². The average Bonchev–Trinajstić information content (AvgIpc) is 2.57. The summed E-state index contributed by atoms with van der Waals surface area (Å²) in [6.07, 6.45) is 7.61. The first-order valence-corrected chi connectivity index (χ1v) is 7.57. The van der Waals surface area contributed by atoms with Crippen molar-refractivity contribution >= 4 is 5.95 Å². The fourth-order valence-electron chi connectivity index (χ4n) is 2.73. The molecule has 116 valence electrons. The lowest BCUT2D eigenvalue weighted by molar-refractivity contribution is 0.153. The van der Waals surface area contributed by atoms with Gasteiger partial charge in [-0.05, 0) is 11.6 Å². The first kappa shape index (κ1) is 14.9. The van der Waals surface area contributed by atoms with Gasteiger partial charge in [-0.15, -0.1) is 0 Å². The van der Waals surface area contributed by atoms with Gasteiger partial charge in [-0.25, -0.2) is 9.97 Å². The van der Waals surface area contributed by atoms with E-state index in [0.29, 0.717) is 6.04 Å². The highest BCUT2D eigenvalue weighted by Gasteiger charge is 2.24. The lowest BCUT2D eigenvalue weighted by Gasteiger charge is -2.36. The second-order valence-corrected chi connectivity index (χ2v) is 5.76. The molecule has 1 aliphatic heterocycles. The van der Waals surface area contributed by atoms with E-state index in [4.69, 9.17) is 0 Å². The van der Waals surface area contributed by atoms with Gasteiger partial charge in [0, 0.05) is 76.7 Å². The number of pyridine rings is 1. The Hall–Kier alpha value is -2.05. The van der Waals surface area contributed by atoms with Gasteiger partial charge in [0.1, 0.15) is 0 Å². The molecule has 1 saturated heterocycles. The third kappa shape index (κ3) is 3.40. The largest absolute Gasteiger partial charge is 0.347 e. The maximum absolute atomic E-state index is 4.40. The quantitative estimate of drug-likeness (QED) is 0.912. The van der Waals surface area contributed by atoms with Crippen LogP contribution in [0.25, 0.3) is 0 Å². The van der Waals surface area contributed by atoms with Gasteiger partial charge in [-0.1, -0.05) is 6.07 Å². The Bertz CT molecular complexity index is 583. The summed E-state index contributed by atoms with van der Waals surface area (Å²) in [6, 6.07) is 4.48. The first-order chi connectivity index (χ1) is 10.7. The van der Waals surface area contributed by atoms with E-state index in [1.54, 1.807) is 0 Å². The molecule has 1 unspecified atom stereocenters. The maximum Gasteiger partial charge on any atom is 0.224 e. The van der Waals surface area contributed by atoms with Crippen LogP contribution < -0.4 is 10.2 Å². The number of nitrogens with one attached hydrogen (secondary N) is 1. The standard InChI is InChI=1S/C16H22N6/c1-21(2)16-19-8-13(9-20-16)12-22-7-6-18-11-15(22)14-4-3-5-17-10-14/h3-5,8-10,15,18H,6-7,11-12H2,1-2H3. The van der Waals surface area contributed by atoms with Gasteiger partial charge in [0.25, 0.3) is 0 Å². The fraction of sp³-hybridized carbons (Fsp3) is 0.438. The summed E-state index contributed by atoms with van der Waals surface area (Å²) < 4.78 is 0. The first-order valence-electron chi connectivity index (χ1n) is 7.57. The van der Waals surface area contributed by atoms with E-state index in [1.165, 1.54) is 5.56 Å². The number of rotatable bonds is 4. The summed E-state index contributed by atoms with van der Waals surface area (Å²) in [6.45, 7) is 3.82. The molecule has 0 radical (unpaired) electrons. The molecule has 1 atom stereocenters. The number of piperazine rings is 1. The molecule has 1 aliphatic rings. The van der Waals surface area contributed by atoms with Gasteiger partial charge in [0.15, 0.2) is 0 Å². The molecule has 1 N–H and O–H groups in total. The van der Waals surface area contributed by atoms with Crippen LogP contribution in [0.15, 0.2) is 36.9 Å². The van der Waals surface area contributed by atoms with Crippen LogP contribution in [0.5, 0.6) is 0 Å².